The molecule has 1 aromatic heterocycles. The van der Waals surface area contributed by atoms with Crippen molar-refractivity contribution < 1.29 is 9.53 Å². The summed E-state index contributed by atoms with van der Waals surface area (Å²) >= 11 is 0. The molecule has 1 saturated heterocycles. The Balaban J connectivity index is 1.61. The van der Waals surface area contributed by atoms with E-state index in [0.717, 1.165) is 18.5 Å². The number of nitrogens with zero attached hydrogens (tertiary/aromatic N) is 2. The van der Waals surface area contributed by atoms with Crippen LogP contribution in [0.3, 0.4) is 0 Å². The monoisotopic (exact) mass is 297 g/mol. The number of aromatic nitrogens is 1. The fourth-order valence-electron chi connectivity index (χ4n) is 2.67. The van der Waals surface area contributed by atoms with Crippen molar-refractivity contribution in [1.82, 2.24) is 15.2 Å². The number of nitrogens with one attached hydrogen (secondary N) is 1. The minimum atomic E-state index is -0.0500. The van der Waals surface area contributed by atoms with Gasteiger partial charge in [0.1, 0.15) is 0 Å². The maximum absolute atomic E-state index is 12.3. The lowest BCUT2D eigenvalue weighted by Crippen LogP contribution is -2.49. The summed E-state index contributed by atoms with van der Waals surface area (Å²) in [6.07, 6.45) is 2.68. The Labute approximate surface area is 129 Å². The SMILES string of the molecule is COc1ncccc1CNC(=O)N1CC[C@@H]1c1ccccc1. The second-order valence-electron chi connectivity index (χ2n) is 5.24. The van der Waals surface area contributed by atoms with E-state index < -0.39 is 0 Å². The van der Waals surface area contributed by atoms with Gasteiger partial charge in [-0.2, -0.15) is 0 Å². The number of pyridine rings is 1. The number of carbonyl (C=O) groups is 1. The molecule has 1 aromatic carbocycles. The van der Waals surface area contributed by atoms with Gasteiger partial charge in [-0.3, -0.25) is 0 Å². The van der Waals surface area contributed by atoms with E-state index in [2.05, 4.69) is 22.4 Å². The lowest BCUT2D eigenvalue weighted by atomic mass is 9.95. The molecular weight excluding hydrogens is 278 g/mol. The van der Waals surface area contributed by atoms with Crippen LogP contribution in [0.5, 0.6) is 5.88 Å². The van der Waals surface area contributed by atoms with Gasteiger partial charge in [0.2, 0.25) is 5.88 Å². The zero-order valence-corrected chi connectivity index (χ0v) is 12.5. The zero-order valence-electron chi connectivity index (χ0n) is 12.5. The molecule has 1 atom stereocenters. The quantitative estimate of drug-likeness (QED) is 0.944. The predicted molar refractivity (Wildman–Crippen MR) is 83.5 cm³/mol. The maximum atomic E-state index is 12.3. The molecule has 5 heteroatoms. The summed E-state index contributed by atoms with van der Waals surface area (Å²) in [7, 11) is 1.58. The molecule has 1 fully saturated rings. The van der Waals surface area contributed by atoms with Crippen molar-refractivity contribution in [3.8, 4) is 5.88 Å². The van der Waals surface area contributed by atoms with Gasteiger partial charge in [0.05, 0.1) is 13.2 Å². The van der Waals surface area contributed by atoms with Gasteiger partial charge in [-0.15, -0.1) is 0 Å². The van der Waals surface area contributed by atoms with Crippen molar-refractivity contribution >= 4 is 6.03 Å². The van der Waals surface area contributed by atoms with Crippen molar-refractivity contribution in [3.05, 3.63) is 59.8 Å². The molecule has 3 rings (SSSR count). The van der Waals surface area contributed by atoms with Gasteiger partial charge in [-0.25, -0.2) is 9.78 Å². The number of urea groups is 1. The fraction of sp³-hybridized carbons (Fsp3) is 0.294. The third kappa shape index (κ3) is 2.88. The highest BCUT2D eigenvalue weighted by Crippen LogP contribution is 2.32. The van der Waals surface area contributed by atoms with E-state index in [1.54, 1.807) is 13.3 Å². The summed E-state index contributed by atoms with van der Waals surface area (Å²) in [5.41, 5.74) is 2.05. The van der Waals surface area contributed by atoms with Gasteiger partial charge in [0.15, 0.2) is 0 Å². The van der Waals surface area contributed by atoms with Crippen LogP contribution in [0.4, 0.5) is 4.79 Å². The smallest absolute Gasteiger partial charge is 0.318 e. The molecule has 114 valence electrons. The third-order valence-electron chi connectivity index (χ3n) is 3.94. The van der Waals surface area contributed by atoms with Crippen molar-refractivity contribution in [2.24, 2.45) is 0 Å². The highest BCUT2D eigenvalue weighted by molar-refractivity contribution is 5.75. The summed E-state index contributed by atoms with van der Waals surface area (Å²) in [6.45, 7) is 1.20. The first kappa shape index (κ1) is 14.4. The molecule has 0 bridgehead atoms. The van der Waals surface area contributed by atoms with Crippen LogP contribution >= 0.6 is 0 Å². The topological polar surface area (TPSA) is 54.5 Å². The van der Waals surface area contributed by atoms with Crippen LogP contribution in [-0.2, 0) is 6.54 Å². The third-order valence-corrected chi connectivity index (χ3v) is 3.94. The minimum Gasteiger partial charge on any atom is -0.481 e. The van der Waals surface area contributed by atoms with Crippen LogP contribution in [-0.4, -0.2) is 29.6 Å². The first-order chi connectivity index (χ1) is 10.8. The van der Waals surface area contributed by atoms with Crippen LogP contribution in [0.1, 0.15) is 23.6 Å². The average Bonchev–Trinajstić information content (AvgIpc) is 2.53. The number of rotatable bonds is 4. The zero-order chi connectivity index (χ0) is 15.4. The number of methoxy groups -OCH3 is 1. The van der Waals surface area contributed by atoms with E-state index in [4.69, 9.17) is 4.74 Å². The largest absolute Gasteiger partial charge is 0.481 e. The minimum absolute atomic E-state index is 0.0500. The van der Waals surface area contributed by atoms with E-state index in [9.17, 15) is 4.79 Å². The molecular formula is C17H19N3O2. The van der Waals surface area contributed by atoms with Gasteiger partial charge >= 0.3 is 6.03 Å². The van der Waals surface area contributed by atoms with Crippen LogP contribution < -0.4 is 10.1 Å². The summed E-state index contributed by atoms with van der Waals surface area (Å²) in [5, 5.41) is 2.94. The van der Waals surface area contributed by atoms with Crippen LogP contribution in [0.2, 0.25) is 0 Å². The summed E-state index contributed by atoms with van der Waals surface area (Å²) in [4.78, 5) is 18.3. The highest BCUT2D eigenvalue weighted by atomic mass is 16.5. The number of amides is 2. The second kappa shape index (κ2) is 6.47. The first-order valence-corrected chi connectivity index (χ1v) is 7.37. The number of carbonyl (C=O) groups excluding carboxylic acids is 1. The van der Waals surface area contributed by atoms with Gasteiger partial charge in [-0.05, 0) is 18.1 Å². The normalized spacial score (nSPS) is 16.8. The number of benzene rings is 1. The van der Waals surface area contributed by atoms with E-state index in [0.29, 0.717) is 12.4 Å². The van der Waals surface area contributed by atoms with E-state index >= 15 is 0 Å². The Bertz CT molecular complexity index is 645. The Morgan fingerprint density at radius 3 is 2.82 bits per heavy atom. The molecule has 0 spiro atoms. The van der Waals surface area contributed by atoms with Gasteiger partial charge < -0.3 is 15.0 Å². The molecule has 0 unspecified atom stereocenters. The summed E-state index contributed by atoms with van der Waals surface area (Å²) < 4.78 is 5.19. The molecule has 0 radical (unpaired) electrons. The maximum Gasteiger partial charge on any atom is 0.318 e. The van der Waals surface area contributed by atoms with E-state index in [1.165, 1.54) is 5.56 Å². The number of ether oxygens (including phenoxy) is 1. The summed E-state index contributed by atoms with van der Waals surface area (Å²) in [6, 6.07) is 14.0. The molecule has 1 N–H and O–H groups in total. The molecule has 2 aromatic rings. The van der Waals surface area contributed by atoms with Gasteiger partial charge in [-0.1, -0.05) is 36.4 Å². The predicted octanol–water partition coefficient (Wildman–Crippen LogP) is 2.75. The molecule has 2 amide bonds. The van der Waals surface area contributed by atoms with Crippen LogP contribution in [0, 0.1) is 0 Å². The van der Waals surface area contributed by atoms with Gasteiger partial charge in [0, 0.05) is 24.8 Å². The number of likely N-dealkylation sites (tertiary alicyclic amines) is 1. The Morgan fingerprint density at radius 2 is 2.14 bits per heavy atom. The van der Waals surface area contributed by atoms with Crippen LogP contribution in [0.15, 0.2) is 48.7 Å². The van der Waals surface area contributed by atoms with Gasteiger partial charge in [0.25, 0.3) is 0 Å². The highest BCUT2D eigenvalue weighted by Gasteiger charge is 2.33. The van der Waals surface area contributed by atoms with Crippen LogP contribution in [0.25, 0.3) is 0 Å². The van der Waals surface area contributed by atoms with Crippen molar-refractivity contribution in [3.63, 3.8) is 0 Å². The van der Waals surface area contributed by atoms with E-state index in [-0.39, 0.29) is 12.1 Å². The fourth-order valence-corrected chi connectivity index (χ4v) is 2.67. The van der Waals surface area contributed by atoms with Crippen molar-refractivity contribution in [2.45, 2.75) is 19.0 Å². The molecule has 2 heterocycles. The number of hydrogen-bond acceptors (Lipinski definition) is 3. The van der Waals surface area contributed by atoms with E-state index in [1.807, 2.05) is 35.2 Å². The molecule has 5 nitrogen and oxygen atoms in total. The lowest BCUT2D eigenvalue weighted by molar-refractivity contribution is 0.115. The molecule has 22 heavy (non-hydrogen) atoms. The van der Waals surface area contributed by atoms with Crippen molar-refractivity contribution in [2.75, 3.05) is 13.7 Å². The van der Waals surface area contributed by atoms with Crippen molar-refractivity contribution in [1.29, 1.82) is 0 Å². The molecule has 1 aliphatic heterocycles. The number of hydrogen-bond donors (Lipinski definition) is 1. The summed E-state index contributed by atoms with van der Waals surface area (Å²) in [5.74, 6) is 0.547. The average molecular weight is 297 g/mol. The molecule has 0 saturated carbocycles. The first-order valence-electron chi connectivity index (χ1n) is 7.37. The second-order valence-corrected chi connectivity index (χ2v) is 5.24. The molecule has 0 aliphatic carbocycles. The Hall–Kier alpha value is -2.56. The molecule has 1 aliphatic rings. The Kier molecular flexibility index (Phi) is 4.23. The lowest BCUT2D eigenvalue weighted by Gasteiger charge is -2.41. The Morgan fingerprint density at radius 1 is 1.32 bits per heavy atom. The standard InChI is InChI=1S/C17H19N3O2/c1-22-16-14(8-5-10-18-16)12-19-17(21)20-11-9-15(20)13-6-3-2-4-7-13/h2-8,10,15H,9,11-12H2,1H3,(H,19,21)/t15-/m1/s1.